The molecule has 3 rings (SSSR count). The Morgan fingerprint density at radius 2 is 1.45 bits per heavy atom. The van der Waals surface area contributed by atoms with Gasteiger partial charge in [-0.15, -0.1) is 0 Å². The molecule has 0 heterocycles. The standard InChI is InChI=1S/C19H18Ge/c1-14(2)20-17-12-10-16(11-13-17)19-9-5-7-15-6-3-4-8-18(15)19/h3-14H,1-2H3. The van der Waals surface area contributed by atoms with Crippen LogP contribution in [0.4, 0.5) is 0 Å². The van der Waals surface area contributed by atoms with Gasteiger partial charge in [-0.2, -0.15) is 0 Å². The summed E-state index contributed by atoms with van der Waals surface area (Å²) in [5, 5.41) is 2.65. The average Bonchev–Trinajstić information content (AvgIpc) is 2.47. The minimum atomic E-state index is 0.0127. The third kappa shape index (κ3) is 2.80. The van der Waals surface area contributed by atoms with Gasteiger partial charge in [0.1, 0.15) is 0 Å². The van der Waals surface area contributed by atoms with E-state index in [4.69, 9.17) is 0 Å². The molecule has 0 spiro atoms. The average molecular weight is 319 g/mol. The molecule has 0 nitrogen and oxygen atoms in total. The van der Waals surface area contributed by atoms with Gasteiger partial charge in [0.25, 0.3) is 0 Å². The van der Waals surface area contributed by atoms with Crippen LogP contribution in [0.5, 0.6) is 0 Å². The van der Waals surface area contributed by atoms with Crippen molar-refractivity contribution in [3.63, 3.8) is 0 Å². The van der Waals surface area contributed by atoms with Gasteiger partial charge in [0.05, 0.1) is 0 Å². The van der Waals surface area contributed by atoms with Gasteiger partial charge in [0, 0.05) is 0 Å². The summed E-state index contributed by atoms with van der Waals surface area (Å²) in [6, 6.07) is 24.3. The fraction of sp³-hybridized carbons (Fsp3) is 0.158. The molecule has 3 aromatic carbocycles. The maximum atomic E-state index is 2.32. The van der Waals surface area contributed by atoms with Gasteiger partial charge in [-0.3, -0.25) is 0 Å². The summed E-state index contributed by atoms with van der Waals surface area (Å²) in [5.41, 5.74) is 2.65. The molecule has 0 aromatic heterocycles. The zero-order chi connectivity index (χ0) is 13.9. The van der Waals surface area contributed by atoms with Gasteiger partial charge in [0.2, 0.25) is 0 Å². The van der Waals surface area contributed by atoms with E-state index in [1.807, 2.05) is 0 Å². The Morgan fingerprint density at radius 1 is 0.750 bits per heavy atom. The van der Waals surface area contributed by atoms with Crippen LogP contribution in [0.3, 0.4) is 0 Å². The van der Waals surface area contributed by atoms with Gasteiger partial charge in [0.15, 0.2) is 0 Å². The minimum absolute atomic E-state index is 0.0127. The topological polar surface area (TPSA) is 0 Å². The molecule has 20 heavy (non-hydrogen) atoms. The molecule has 98 valence electrons. The van der Waals surface area contributed by atoms with Crippen molar-refractivity contribution in [3.8, 4) is 11.1 Å². The molecule has 0 amide bonds. The Balaban J connectivity index is 2.03. The summed E-state index contributed by atoms with van der Waals surface area (Å²) in [4.78, 5) is 0. The van der Waals surface area contributed by atoms with Gasteiger partial charge in [-0.1, -0.05) is 0 Å². The second kappa shape index (κ2) is 5.84. The fourth-order valence-electron chi connectivity index (χ4n) is 2.56. The molecule has 0 aliphatic heterocycles. The van der Waals surface area contributed by atoms with E-state index in [0.717, 1.165) is 4.75 Å². The molecule has 0 N–H and O–H groups in total. The number of fused-ring (bicyclic) bond motifs is 1. The predicted molar refractivity (Wildman–Crippen MR) is 89.9 cm³/mol. The monoisotopic (exact) mass is 320 g/mol. The molecule has 0 saturated heterocycles. The molecule has 0 unspecified atom stereocenters. The molecule has 1 heteroatoms. The van der Waals surface area contributed by atoms with E-state index in [-0.39, 0.29) is 15.4 Å². The first-order valence-corrected chi connectivity index (χ1v) is 9.35. The zero-order valence-electron chi connectivity index (χ0n) is 11.9. The van der Waals surface area contributed by atoms with E-state index in [1.54, 1.807) is 4.40 Å². The van der Waals surface area contributed by atoms with Gasteiger partial charge >= 0.3 is 127 Å². The van der Waals surface area contributed by atoms with E-state index in [1.165, 1.54) is 21.9 Å². The van der Waals surface area contributed by atoms with E-state index >= 15 is 0 Å². The number of benzene rings is 3. The zero-order valence-corrected chi connectivity index (χ0v) is 14.0. The van der Waals surface area contributed by atoms with E-state index in [9.17, 15) is 0 Å². The van der Waals surface area contributed by atoms with Crippen molar-refractivity contribution in [1.82, 2.24) is 0 Å². The SMILES string of the molecule is C[CH](C)[Ge][c]1ccc(-c2cccc3ccccc23)cc1. The number of hydrogen-bond acceptors (Lipinski definition) is 0. The molecule has 0 aliphatic rings. The Labute approximate surface area is 127 Å². The van der Waals surface area contributed by atoms with Crippen LogP contribution >= 0.6 is 0 Å². The summed E-state index contributed by atoms with van der Waals surface area (Å²) in [5.74, 6) is 0. The first-order valence-electron chi connectivity index (χ1n) is 7.09. The second-order valence-corrected chi connectivity index (χ2v) is 9.64. The van der Waals surface area contributed by atoms with Gasteiger partial charge in [-0.05, 0) is 0 Å². The van der Waals surface area contributed by atoms with Crippen molar-refractivity contribution in [2.45, 2.75) is 18.6 Å². The molecule has 0 aliphatic carbocycles. The molecule has 0 bridgehead atoms. The fourth-order valence-corrected chi connectivity index (χ4v) is 4.71. The van der Waals surface area contributed by atoms with Crippen LogP contribution in [0.25, 0.3) is 21.9 Å². The molecule has 0 fully saturated rings. The number of rotatable bonds is 3. The van der Waals surface area contributed by atoms with Crippen LogP contribution in [-0.4, -0.2) is 15.4 Å². The van der Waals surface area contributed by atoms with Crippen LogP contribution in [0.2, 0.25) is 4.75 Å². The van der Waals surface area contributed by atoms with Crippen LogP contribution in [0.1, 0.15) is 13.8 Å². The van der Waals surface area contributed by atoms with Crippen molar-refractivity contribution >= 4 is 30.6 Å². The molecular formula is C19H18Ge. The quantitative estimate of drug-likeness (QED) is 0.616. The Bertz CT molecular complexity index is 706. The number of hydrogen-bond donors (Lipinski definition) is 0. The van der Waals surface area contributed by atoms with Crippen LogP contribution in [-0.2, 0) is 0 Å². The van der Waals surface area contributed by atoms with E-state index in [2.05, 4.69) is 80.6 Å². The summed E-state index contributed by atoms with van der Waals surface area (Å²) in [6.07, 6.45) is 0. The first-order chi connectivity index (χ1) is 9.74. The third-order valence-electron chi connectivity index (χ3n) is 3.44. The molecular weight excluding hydrogens is 301 g/mol. The summed E-state index contributed by atoms with van der Waals surface area (Å²) in [7, 11) is 0. The molecule has 0 atom stereocenters. The van der Waals surface area contributed by atoms with Crippen LogP contribution in [0, 0.1) is 0 Å². The summed E-state index contributed by atoms with van der Waals surface area (Å²) < 4.78 is 2.38. The van der Waals surface area contributed by atoms with Crippen molar-refractivity contribution in [2.24, 2.45) is 0 Å². The molecule has 3 aromatic rings. The van der Waals surface area contributed by atoms with Crippen LogP contribution < -0.4 is 4.40 Å². The molecule has 0 saturated carbocycles. The Morgan fingerprint density at radius 3 is 2.20 bits per heavy atom. The Kier molecular flexibility index (Phi) is 3.93. The van der Waals surface area contributed by atoms with Crippen molar-refractivity contribution < 1.29 is 0 Å². The van der Waals surface area contributed by atoms with Gasteiger partial charge in [-0.25, -0.2) is 0 Å². The second-order valence-electron chi connectivity index (χ2n) is 5.40. The normalized spacial score (nSPS) is 11.2. The first kappa shape index (κ1) is 13.4. The predicted octanol–water partition coefficient (Wildman–Crippen LogP) is 4.66. The maximum absolute atomic E-state index is 2.32. The van der Waals surface area contributed by atoms with Crippen molar-refractivity contribution in [1.29, 1.82) is 0 Å². The van der Waals surface area contributed by atoms with Crippen LogP contribution in [0.15, 0.2) is 66.7 Å². The van der Waals surface area contributed by atoms with E-state index < -0.39 is 0 Å². The van der Waals surface area contributed by atoms with E-state index in [0.29, 0.717) is 0 Å². The van der Waals surface area contributed by atoms with Gasteiger partial charge < -0.3 is 0 Å². The summed E-state index contributed by atoms with van der Waals surface area (Å²) >= 11 is 0.0127. The summed E-state index contributed by atoms with van der Waals surface area (Å²) in [6.45, 7) is 4.64. The third-order valence-corrected chi connectivity index (χ3v) is 6.05. The molecule has 2 radical (unpaired) electrons. The van der Waals surface area contributed by atoms with Crippen molar-refractivity contribution in [2.75, 3.05) is 0 Å². The Hall–Kier alpha value is -1.54. The van der Waals surface area contributed by atoms with Crippen molar-refractivity contribution in [3.05, 3.63) is 66.7 Å².